The number of benzene rings is 1. The minimum atomic E-state index is 0.673. The van der Waals surface area contributed by atoms with E-state index in [1.165, 1.54) is 0 Å². The zero-order valence-electron chi connectivity index (χ0n) is 7.40. The lowest BCUT2D eigenvalue weighted by Crippen LogP contribution is -1.94. The fourth-order valence-corrected chi connectivity index (χ4v) is 0.984. The molecular weight excluding hydrogens is 160 g/mol. The molecule has 2 heteroatoms. The Morgan fingerprint density at radius 3 is 2.54 bits per heavy atom. The van der Waals surface area contributed by atoms with Gasteiger partial charge in [0.2, 0.25) is 0 Å². The van der Waals surface area contributed by atoms with Crippen LogP contribution in [0.1, 0.15) is 17.5 Å². The highest BCUT2D eigenvalue weighted by atomic mass is 14.5. The number of nitriles is 1. The van der Waals surface area contributed by atoms with Gasteiger partial charge in [0.05, 0.1) is 11.6 Å². The highest BCUT2D eigenvalue weighted by Gasteiger charge is 1.88. The summed E-state index contributed by atoms with van der Waals surface area (Å²) >= 11 is 0. The normalized spacial score (nSPS) is 10.2. The van der Waals surface area contributed by atoms with Gasteiger partial charge in [0.25, 0.3) is 0 Å². The first-order valence-corrected chi connectivity index (χ1v) is 4.23. The summed E-state index contributed by atoms with van der Waals surface area (Å²) in [5.74, 6) is 0. The lowest BCUT2D eigenvalue weighted by atomic mass is 10.1. The quantitative estimate of drug-likeness (QED) is 0.757. The molecule has 2 nitrogen and oxygen atoms in total. The first-order chi connectivity index (χ1) is 6.36. The van der Waals surface area contributed by atoms with Crippen molar-refractivity contribution in [3.8, 4) is 6.07 Å². The van der Waals surface area contributed by atoms with E-state index in [-0.39, 0.29) is 0 Å². The molecule has 0 atom stereocenters. The molecule has 0 heterocycles. The fraction of sp³-hybridized carbons (Fsp3) is 0.182. The van der Waals surface area contributed by atoms with Gasteiger partial charge in [-0.1, -0.05) is 24.3 Å². The molecule has 66 valence electrons. The molecule has 0 aliphatic rings. The van der Waals surface area contributed by atoms with Crippen LogP contribution in [0.2, 0.25) is 0 Å². The van der Waals surface area contributed by atoms with E-state index < -0.39 is 0 Å². The molecule has 0 aliphatic carbocycles. The van der Waals surface area contributed by atoms with E-state index in [4.69, 9.17) is 11.0 Å². The van der Waals surface area contributed by atoms with Gasteiger partial charge in [0.15, 0.2) is 0 Å². The van der Waals surface area contributed by atoms with E-state index in [1.807, 2.05) is 36.4 Å². The maximum Gasteiger partial charge on any atom is 0.0991 e. The van der Waals surface area contributed by atoms with Crippen LogP contribution in [0.5, 0.6) is 0 Å². The molecule has 0 aliphatic heterocycles. The third-order valence-electron chi connectivity index (χ3n) is 1.68. The predicted octanol–water partition coefficient (Wildman–Crippen LogP) is 1.92. The standard InChI is InChI=1S/C11H12N2/c12-8-2-1-3-10-4-6-11(9-13)7-5-10/h1,3-7H,2,8,12H2. The van der Waals surface area contributed by atoms with Crippen molar-refractivity contribution < 1.29 is 0 Å². The molecule has 1 aromatic rings. The molecule has 0 saturated carbocycles. The SMILES string of the molecule is N#Cc1ccc(C=CCCN)cc1. The Labute approximate surface area is 78.3 Å². The summed E-state index contributed by atoms with van der Waals surface area (Å²) in [7, 11) is 0. The summed E-state index contributed by atoms with van der Waals surface area (Å²) in [6.45, 7) is 0.673. The van der Waals surface area contributed by atoms with Crippen molar-refractivity contribution in [2.75, 3.05) is 6.54 Å². The number of hydrogen-bond donors (Lipinski definition) is 1. The van der Waals surface area contributed by atoms with E-state index in [2.05, 4.69) is 6.07 Å². The summed E-state index contributed by atoms with van der Waals surface area (Å²) in [4.78, 5) is 0. The van der Waals surface area contributed by atoms with Gasteiger partial charge in [-0.2, -0.15) is 5.26 Å². The Morgan fingerprint density at radius 2 is 2.00 bits per heavy atom. The van der Waals surface area contributed by atoms with Gasteiger partial charge >= 0.3 is 0 Å². The van der Waals surface area contributed by atoms with Crippen LogP contribution < -0.4 is 5.73 Å². The lowest BCUT2D eigenvalue weighted by molar-refractivity contribution is 1.01. The van der Waals surface area contributed by atoms with Crippen molar-refractivity contribution in [3.63, 3.8) is 0 Å². The molecule has 1 rings (SSSR count). The van der Waals surface area contributed by atoms with Crippen LogP contribution >= 0.6 is 0 Å². The summed E-state index contributed by atoms with van der Waals surface area (Å²) in [5, 5.41) is 8.56. The van der Waals surface area contributed by atoms with Crippen molar-refractivity contribution >= 4 is 6.08 Å². The topological polar surface area (TPSA) is 49.8 Å². The highest BCUT2D eigenvalue weighted by molar-refractivity contribution is 5.50. The largest absolute Gasteiger partial charge is 0.330 e. The van der Waals surface area contributed by atoms with E-state index in [0.29, 0.717) is 12.1 Å². The van der Waals surface area contributed by atoms with Gasteiger partial charge in [-0.05, 0) is 30.7 Å². The van der Waals surface area contributed by atoms with Crippen LogP contribution in [-0.2, 0) is 0 Å². The fourth-order valence-electron chi connectivity index (χ4n) is 0.984. The van der Waals surface area contributed by atoms with Crippen LogP contribution in [0.25, 0.3) is 6.08 Å². The Hall–Kier alpha value is -1.59. The maximum absolute atomic E-state index is 8.56. The molecule has 13 heavy (non-hydrogen) atoms. The molecular formula is C11H12N2. The van der Waals surface area contributed by atoms with Crippen LogP contribution in [0.3, 0.4) is 0 Å². The minimum absolute atomic E-state index is 0.673. The van der Waals surface area contributed by atoms with Gasteiger partial charge in [0, 0.05) is 0 Å². The molecule has 0 radical (unpaired) electrons. The monoisotopic (exact) mass is 172 g/mol. The average molecular weight is 172 g/mol. The van der Waals surface area contributed by atoms with Gasteiger partial charge in [-0.3, -0.25) is 0 Å². The Balaban J connectivity index is 2.65. The minimum Gasteiger partial charge on any atom is -0.330 e. The zero-order chi connectivity index (χ0) is 9.52. The van der Waals surface area contributed by atoms with Crippen LogP contribution in [0, 0.1) is 11.3 Å². The van der Waals surface area contributed by atoms with E-state index in [0.717, 1.165) is 12.0 Å². The van der Waals surface area contributed by atoms with Crippen molar-refractivity contribution in [2.24, 2.45) is 5.73 Å². The average Bonchev–Trinajstić information content (AvgIpc) is 2.19. The summed E-state index contributed by atoms with van der Waals surface area (Å²) in [5.41, 5.74) is 7.14. The predicted molar refractivity (Wildman–Crippen MR) is 53.9 cm³/mol. The zero-order valence-corrected chi connectivity index (χ0v) is 7.40. The van der Waals surface area contributed by atoms with Crippen LogP contribution in [0.4, 0.5) is 0 Å². The van der Waals surface area contributed by atoms with E-state index in [9.17, 15) is 0 Å². The number of hydrogen-bond acceptors (Lipinski definition) is 2. The molecule has 2 N–H and O–H groups in total. The number of nitrogens with two attached hydrogens (primary N) is 1. The van der Waals surface area contributed by atoms with Gasteiger partial charge in [-0.25, -0.2) is 0 Å². The third kappa shape index (κ3) is 3.10. The van der Waals surface area contributed by atoms with Gasteiger partial charge in [-0.15, -0.1) is 0 Å². The molecule has 0 saturated heterocycles. The van der Waals surface area contributed by atoms with Crippen molar-refractivity contribution in [3.05, 3.63) is 41.5 Å². The molecule has 1 aromatic carbocycles. The molecule has 0 bridgehead atoms. The first-order valence-electron chi connectivity index (χ1n) is 4.23. The number of rotatable bonds is 3. The number of nitrogens with zero attached hydrogens (tertiary/aromatic N) is 1. The van der Waals surface area contributed by atoms with E-state index in [1.54, 1.807) is 0 Å². The Morgan fingerprint density at radius 1 is 1.31 bits per heavy atom. The summed E-state index contributed by atoms with van der Waals surface area (Å²) < 4.78 is 0. The Bertz CT molecular complexity index is 317. The molecule has 0 aromatic heterocycles. The van der Waals surface area contributed by atoms with Crippen LogP contribution in [0.15, 0.2) is 30.3 Å². The highest BCUT2D eigenvalue weighted by Crippen LogP contribution is 2.05. The summed E-state index contributed by atoms with van der Waals surface area (Å²) in [6.07, 6.45) is 4.93. The second-order valence-electron chi connectivity index (χ2n) is 2.71. The molecule has 0 amide bonds. The second kappa shape index (κ2) is 5.13. The molecule has 0 fully saturated rings. The molecule has 0 unspecified atom stereocenters. The summed E-state index contributed by atoms with van der Waals surface area (Å²) in [6, 6.07) is 9.54. The van der Waals surface area contributed by atoms with Crippen molar-refractivity contribution in [1.29, 1.82) is 5.26 Å². The van der Waals surface area contributed by atoms with Gasteiger partial charge in [0.1, 0.15) is 0 Å². The lowest BCUT2D eigenvalue weighted by Gasteiger charge is -1.92. The van der Waals surface area contributed by atoms with E-state index >= 15 is 0 Å². The smallest absolute Gasteiger partial charge is 0.0991 e. The Kier molecular flexibility index (Phi) is 3.74. The maximum atomic E-state index is 8.56. The third-order valence-corrected chi connectivity index (χ3v) is 1.68. The first kappa shape index (κ1) is 9.50. The molecule has 0 spiro atoms. The van der Waals surface area contributed by atoms with Crippen molar-refractivity contribution in [2.45, 2.75) is 6.42 Å². The van der Waals surface area contributed by atoms with Gasteiger partial charge < -0.3 is 5.73 Å². The second-order valence-corrected chi connectivity index (χ2v) is 2.71. The van der Waals surface area contributed by atoms with Crippen LogP contribution in [-0.4, -0.2) is 6.54 Å². The van der Waals surface area contributed by atoms with Crippen molar-refractivity contribution in [1.82, 2.24) is 0 Å².